The maximum atomic E-state index is 4.79. The molecule has 1 fully saturated rings. The second kappa shape index (κ2) is 10.8. The van der Waals surface area contributed by atoms with Crippen LogP contribution in [0.2, 0.25) is 0 Å². The zero-order chi connectivity index (χ0) is 20.5. The molecule has 0 spiro atoms. The number of benzene rings is 1. The third-order valence-electron chi connectivity index (χ3n) is 5.07. The van der Waals surface area contributed by atoms with Crippen LogP contribution >= 0.6 is 0 Å². The van der Waals surface area contributed by atoms with E-state index in [1.54, 1.807) is 6.33 Å². The molecule has 156 valence electrons. The highest BCUT2D eigenvalue weighted by atomic mass is 15.4. The van der Waals surface area contributed by atoms with Gasteiger partial charge >= 0.3 is 0 Å². The molecule has 2 heterocycles. The van der Waals surface area contributed by atoms with Crippen molar-refractivity contribution < 1.29 is 0 Å². The molecule has 1 aromatic heterocycles. The molecule has 0 radical (unpaired) electrons. The molecular weight excluding hydrogens is 362 g/mol. The van der Waals surface area contributed by atoms with Gasteiger partial charge in [0.05, 0.1) is 6.54 Å². The third kappa shape index (κ3) is 6.42. The van der Waals surface area contributed by atoms with Crippen LogP contribution in [-0.4, -0.2) is 69.8 Å². The first-order chi connectivity index (χ1) is 14.2. The number of aromatic nitrogens is 3. The maximum absolute atomic E-state index is 4.79. The summed E-state index contributed by atoms with van der Waals surface area (Å²) in [6.07, 6.45) is 2.69. The molecule has 0 bridgehead atoms. The fourth-order valence-corrected chi connectivity index (χ4v) is 3.46. The van der Waals surface area contributed by atoms with Crippen molar-refractivity contribution in [3.63, 3.8) is 0 Å². The van der Waals surface area contributed by atoms with Gasteiger partial charge in [0.1, 0.15) is 12.2 Å². The summed E-state index contributed by atoms with van der Waals surface area (Å²) in [6.45, 7) is 15.4. The minimum absolute atomic E-state index is 0.652. The SMILES string of the molecule is C=C(C)CN=C(NCCn1cnnc1CC)N1CCN(Cc2ccccc2)CC1. The summed E-state index contributed by atoms with van der Waals surface area (Å²) in [7, 11) is 0. The van der Waals surface area contributed by atoms with Gasteiger partial charge in [-0.3, -0.25) is 4.90 Å². The number of hydrogen-bond acceptors (Lipinski definition) is 4. The van der Waals surface area contributed by atoms with Crippen LogP contribution < -0.4 is 5.32 Å². The highest BCUT2D eigenvalue weighted by molar-refractivity contribution is 5.80. The summed E-state index contributed by atoms with van der Waals surface area (Å²) in [5, 5.41) is 11.7. The van der Waals surface area contributed by atoms with Gasteiger partial charge in [-0.05, 0) is 12.5 Å². The molecule has 2 aromatic rings. The Kier molecular flexibility index (Phi) is 7.81. The van der Waals surface area contributed by atoms with Crippen LogP contribution in [0.4, 0.5) is 0 Å². The van der Waals surface area contributed by atoms with Gasteiger partial charge in [0.25, 0.3) is 0 Å². The Hall–Kier alpha value is -2.67. The quantitative estimate of drug-likeness (QED) is 0.422. The molecule has 0 unspecified atom stereocenters. The van der Waals surface area contributed by atoms with E-state index in [0.29, 0.717) is 6.54 Å². The van der Waals surface area contributed by atoms with Gasteiger partial charge in [-0.2, -0.15) is 0 Å². The normalized spacial score (nSPS) is 15.5. The van der Waals surface area contributed by atoms with E-state index >= 15 is 0 Å². The Labute approximate surface area is 174 Å². The topological polar surface area (TPSA) is 61.6 Å². The lowest BCUT2D eigenvalue weighted by Gasteiger charge is -2.36. The maximum Gasteiger partial charge on any atom is 0.194 e. The molecule has 1 aliphatic rings. The van der Waals surface area contributed by atoms with Crippen LogP contribution in [0.1, 0.15) is 25.2 Å². The number of guanidine groups is 1. The van der Waals surface area contributed by atoms with E-state index in [1.165, 1.54) is 5.56 Å². The number of rotatable bonds is 8. The summed E-state index contributed by atoms with van der Waals surface area (Å²) in [5.74, 6) is 1.99. The molecule has 7 heteroatoms. The van der Waals surface area contributed by atoms with Gasteiger partial charge in [-0.15, -0.1) is 10.2 Å². The molecule has 3 rings (SSSR count). The van der Waals surface area contributed by atoms with Crippen LogP contribution in [0.25, 0.3) is 0 Å². The number of nitrogens with one attached hydrogen (secondary N) is 1. The summed E-state index contributed by atoms with van der Waals surface area (Å²) in [6, 6.07) is 10.7. The zero-order valence-electron chi connectivity index (χ0n) is 17.7. The smallest absolute Gasteiger partial charge is 0.194 e. The van der Waals surface area contributed by atoms with Crippen molar-refractivity contribution >= 4 is 5.96 Å². The van der Waals surface area contributed by atoms with E-state index in [1.807, 2.05) is 6.92 Å². The molecule has 0 saturated carbocycles. The Balaban J connectivity index is 1.53. The molecule has 7 nitrogen and oxygen atoms in total. The van der Waals surface area contributed by atoms with Gasteiger partial charge < -0.3 is 14.8 Å². The number of aryl methyl sites for hydroxylation is 1. The van der Waals surface area contributed by atoms with Gasteiger partial charge in [-0.25, -0.2) is 4.99 Å². The second-order valence-electron chi connectivity index (χ2n) is 7.57. The fourth-order valence-electron chi connectivity index (χ4n) is 3.46. The first-order valence-electron chi connectivity index (χ1n) is 10.5. The Morgan fingerprint density at radius 1 is 1.17 bits per heavy atom. The molecule has 1 N–H and O–H groups in total. The standard InChI is InChI=1S/C22H33N7/c1-4-21-26-25-18-29(21)11-10-23-22(24-16-19(2)3)28-14-12-27(13-15-28)17-20-8-6-5-7-9-20/h5-9,18H,2,4,10-17H2,1,3H3,(H,23,24). The van der Waals surface area contributed by atoms with E-state index in [9.17, 15) is 0 Å². The van der Waals surface area contributed by atoms with Crippen LogP contribution in [0, 0.1) is 0 Å². The summed E-state index contributed by atoms with van der Waals surface area (Å²) < 4.78 is 2.10. The van der Waals surface area contributed by atoms with Gasteiger partial charge in [-0.1, -0.05) is 49.4 Å². The summed E-state index contributed by atoms with van der Waals surface area (Å²) in [5.41, 5.74) is 2.44. The molecule has 0 atom stereocenters. The van der Waals surface area contributed by atoms with E-state index in [4.69, 9.17) is 4.99 Å². The largest absolute Gasteiger partial charge is 0.354 e. The summed E-state index contributed by atoms with van der Waals surface area (Å²) in [4.78, 5) is 9.66. The molecule has 1 aliphatic heterocycles. The van der Waals surface area contributed by atoms with E-state index in [-0.39, 0.29) is 0 Å². The Morgan fingerprint density at radius 3 is 2.62 bits per heavy atom. The van der Waals surface area contributed by atoms with Crippen molar-refractivity contribution in [3.05, 3.63) is 60.2 Å². The minimum Gasteiger partial charge on any atom is -0.354 e. The fraction of sp³-hybridized carbons (Fsp3) is 0.500. The third-order valence-corrected chi connectivity index (χ3v) is 5.07. The number of piperazine rings is 1. The number of hydrogen-bond donors (Lipinski definition) is 1. The highest BCUT2D eigenvalue weighted by Crippen LogP contribution is 2.09. The van der Waals surface area contributed by atoms with Gasteiger partial charge in [0, 0.05) is 52.2 Å². The highest BCUT2D eigenvalue weighted by Gasteiger charge is 2.19. The average Bonchev–Trinajstić information content (AvgIpc) is 3.19. The molecular formula is C22H33N7. The van der Waals surface area contributed by atoms with Crippen LogP contribution in [0.5, 0.6) is 0 Å². The predicted octanol–water partition coefficient (Wildman–Crippen LogP) is 2.18. The first-order valence-corrected chi connectivity index (χ1v) is 10.5. The number of aliphatic imine (C=N–C) groups is 1. The van der Waals surface area contributed by atoms with Crippen molar-refractivity contribution in [1.29, 1.82) is 0 Å². The predicted molar refractivity (Wildman–Crippen MR) is 118 cm³/mol. The molecule has 29 heavy (non-hydrogen) atoms. The zero-order valence-corrected chi connectivity index (χ0v) is 17.7. The minimum atomic E-state index is 0.652. The molecule has 0 amide bonds. The monoisotopic (exact) mass is 395 g/mol. The van der Waals surface area contributed by atoms with E-state index in [2.05, 4.69) is 73.7 Å². The van der Waals surface area contributed by atoms with Crippen molar-refractivity contribution in [2.24, 2.45) is 4.99 Å². The van der Waals surface area contributed by atoms with Crippen molar-refractivity contribution in [3.8, 4) is 0 Å². The van der Waals surface area contributed by atoms with E-state index < -0.39 is 0 Å². The van der Waals surface area contributed by atoms with Crippen LogP contribution in [0.15, 0.2) is 53.8 Å². The molecule has 1 saturated heterocycles. The van der Waals surface area contributed by atoms with Gasteiger partial charge in [0.2, 0.25) is 0 Å². The molecule has 1 aromatic carbocycles. The lowest BCUT2D eigenvalue weighted by molar-refractivity contribution is 0.172. The Morgan fingerprint density at radius 2 is 1.93 bits per heavy atom. The average molecular weight is 396 g/mol. The lowest BCUT2D eigenvalue weighted by Crippen LogP contribution is -2.52. The summed E-state index contributed by atoms with van der Waals surface area (Å²) >= 11 is 0. The first kappa shape index (κ1) is 21.0. The van der Waals surface area contributed by atoms with E-state index in [0.717, 1.165) is 69.6 Å². The Bertz CT molecular complexity index is 789. The second-order valence-corrected chi connectivity index (χ2v) is 7.57. The van der Waals surface area contributed by atoms with Crippen molar-refractivity contribution in [2.75, 3.05) is 39.3 Å². The number of nitrogens with zero attached hydrogens (tertiary/aromatic N) is 6. The molecule has 0 aliphatic carbocycles. The van der Waals surface area contributed by atoms with Crippen molar-refractivity contribution in [1.82, 2.24) is 29.9 Å². The lowest BCUT2D eigenvalue weighted by atomic mass is 10.2. The van der Waals surface area contributed by atoms with Crippen LogP contribution in [0.3, 0.4) is 0 Å². The van der Waals surface area contributed by atoms with Crippen LogP contribution in [-0.2, 0) is 19.5 Å². The van der Waals surface area contributed by atoms with Gasteiger partial charge in [0.15, 0.2) is 5.96 Å². The van der Waals surface area contributed by atoms with Crippen molar-refractivity contribution in [2.45, 2.75) is 33.4 Å².